The van der Waals surface area contributed by atoms with Crippen molar-refractivity contribution in [2.75, 3.05) is 12.0 Å². The molecule has 2 unspecified atom stereocenters. The van der Waals surface area contributed by atoms with Gasteiger partial charge in [0, 0.05) is 31.2 Å². The van der Waals surface area contributed by atoms with E-state index in [1.54, 1.807) is 0 Å². The van der Waals surface area contributed by atoms with Crippen LogP contribution in [0.1, 0.15) is 38.5 Å². The molecule has 2 rings (SSSR count). The number of fused-ring (bicyclic) bond motifs is 2. The average Bonchev–Trinajstić information content (AvgIpc) is 2.56. The van der Waals surface area contributed by atoms with E-state index in [1.165, 1.54) is 0 Å². The number of carboxylic acid groups (broad SMARTS) is 1. The fourth-order valence-electron chi connectivity index (χ4n) is 3.51. The monoisotopic (exact) mass is 303 g/mol. The molecule has 7 heteroatoms. The van der Waals surface area contributed by atoms with E-state index in [4.69, 9.17) is 5.11 Å². The topological polar surface area (TPSA) is 91.8 Å². The standard InChI is InChI=1S/C13H21NO5S/c1-20(18,19)5-4-12(15)14-10-2-3-11(14)7-9(6-10)8-13(16)17/h9-11H,2-8H2,1H3,(H,16,17). The van der Waals surface area contributed by atoms with Crippen LogP contribution < -0.4 is 0 Å². The summed E-state index contributed by atoms with van der Waals surface area (Å²) in [5.41, 5.74) is 0. The van der Waals surface area contributed by atoms with Crippen LogP contribution in [0.25, 0.3) is 0 Å². The van der Waals surface area contributed by atoms with Gasteiger partial charge in [0.05, 0.1) is 5.75 Å². The van der Waals surface area contributed by atoms with Crippen LogP contribution in [0.4, 0.5) is 0 Å². The molecular formula is C13H21NO5S. The normalized spacial score (nSPS) is 29.4. The van der Waals surface area contributed by atoms with Gasteiger partial charge in [-0.2, -0.15) is 0 Å². The third-order valence-electron chi connectivity index (χ3n) is 4.27. The first-order chi connectivity index (χ1) is 9.26. The Morgan fingerprint density at radius 3 is 2.20 bits per heavy atom. The van der Waals surface area contributed by atoms with Crippen molar-refractivity contribution in [1.82, 2.24) is 4.90 Å². The van der Waals surface area contributed by atoms with Crippen LogP contribution in [0.3, 0.4) is 0 Å². The summed E-state index contributed by atoms with van der Waals surface area (Å²) in [6, 6.07) is 0.204. The fourth-order valence-corrected chi connectivity index (χ4v) is 4.06. The lowest BCUT2D eigenvalue weighted by molar-refractivity contribution is -0.139. The Labute approximate surface area is 119 Å². The summed E-state index contributed by atoms with van der Waals surface area (Å²) in [5, 5.41) is 8.86. The van der Waals surface area contributed by atoms with Crippen LogP contribution in [-0.2, 0) is 19.4 Å². The van der Waals surface area contributed by atoms with Crippen molar-refractivity contribution in [3.8, 4) is 0 Å². The van der Waals surface area contributed by atoms with Gasteiger partial charge in [0.2, 0.25) is 5.91 Å². The number of piperidine rings is 1. The summed E-state index contributed by atoms with van der Waals surface area (Å²) >= 11 is 0. The van der Waals surface area contributed by atoms with Crippen molar-refractivity contribution in [3.05, 3.63) is 0 Å². The van der Waals surface area contributed by atoms with Crippen LogP contribution in [0.5, 0.6) is 0 Å². The van der Waals surface area contributed by atoms with Crippen molar-refractivity contribution < 1.29 is 23.1 Å². The number of nitrogens with zero attached hydrogens (tertiary/aromatic N) is 1. The number of rotatable bonds is 5. The number of amides is 1. The zero-order chi connectivity index (χ0) is 14.9. The first-order valence-corrected chi connectivity index (χ1v) is 9.03. The minimum Gasteiger partial charge on any atom is -0.481 e. The summed E-state index contributed by atoms with van der Waals surface area (Å²) in [6.45, 7) is 0. The Bertz CT molecular complexity index is 487. The van der Waals surface area contributed by atoms with E-state index in [-0.39, 0.29) is 42.5 Å². The van der Waals surface area contributed by atoms with Gasteiger partial charge in [-0.15, -0.1) is 0 Å². The quantitative estimate of drug-likeness (QED) is 0.805. The number of hydrogen-bond donors (Lipinski definition) is 1. The molecule has 2 aliphatic heterocycles. The second-order valence-electron chi connectivity index (χ2n) is 6.00. The van der Waals surface area contributed by atoms with Crippen LogP contribution >= 0.6 is 0 Å². The van der Waals surface area contributed by atoms with E-state index < -0.39 is 15.8 Å². The van der Waals surface area contributed by atoms with Crippen molar-refractivity contribution in [3.63, 3.8) is 0 Å². The maximum Gasteiger partial charge on any atom is 0.303 e. The largest absolute Gasteiger partial charge is 0.481 e. The number of carbonyl (C=O) groups is 2. The molecule has 0 aromatic carbocycles. The number of carboxylic acids is 1. The van der Waals surface area contributed by atoms with Gasteiger partial charge in [0.15, 0.2) is 0 Å². The molecule has 0 aromatic rings. The minimum absolute atomic E-state index is 0.0371. The molecular weight excluding hydrogens is 282 g/mol. The van der Waals surface area contributed by atoms with Crippen LogP contribution in [0.15, 0.2) is 0 Å². The first-order valence-electron chi connectivity index (χ1n) is 6.97. The van der Waals surface area contributed by atoms with E-state index in [0.717, 1.165) is 31.9 Å². The van der Waals surface area contributed by atoms with E-state index in [2.05, 4.69) is 0 Å². The summed E-state index contributed by atoms with van der Waals surface area (Å²) in [4.78, 5) is 24.8. The summed E-state index contributed by atoms with van der Waals surface area (Å²) < 4.78 is 22.3. The molecule has 6 nitrogen and oxygen atoms in total. The maximum atomic E-state index is 12.2. The predicted octanol–water partition coefficient (Wildman–Crippen LogP) is 0.665. The molecule has 0 radical (unpaired) electrons. The highest BCUT2D eigenvalue weighted by molar-refractivity contribution is 7.90. The van der Waals surface area contributed by atoms with Gasteiger partial charge in [0.25, 0.3) is 0 Å². The summed E-state index contributed by atoms with van der Waals surface area (Å²) in [6.07, 6.45) is 4.61. The number of carbonyl (C=O) groups excluding carboxylic acids is 1. The van der Waals surface area contributed by atoms with Crippen molar-refractivity contribution in [1.29, 1.82) is 0 Å². The van der Waals surface area contributed by atoms with Gasteiger partial charge in [-0.3, -0.25) is 9.59 Å². The lowest BCUT2D eigenvalue weighted by Crippen LogP contribution is -2.47. The summed E-state index contributed by atoms with van der Waals surface area (Å²) in [7, 11) is -3.12. The molecule has 114 valence electrons. The Balaban J connectivity index is 1.95. The van der Waals surface area contributed by atoms with Gasteiger partial charge in [-0.1, -0.05) is 0 Å². The first kappa shape index (κ1) is 15.3. The molecule has 20 heavy (non-hydrogen) atoms. The summed E-state index contributed by atoms with van der Waals surface area (Å²) in [5.74, 6) is -0.854. The maximum absolute atomic E-state index is 12.2. The molecule has 2 heterocycles. The minimum atomic E-state index is -3.12. The van der Waals surface area contributed by atoms with Gasteiger partial charge in [-0.05, 0) is 31.6 Å². The van der Waals surface area contributed by atoms with E-state index in [0.29, 0.717) is 0 Å². The number of aliphatic carboxylic acids is 1. The smallest absolute Gasteiger partial charge is 0.303 e. The lowest BCUT2D eigenvalue weighted by atomic mass is 9.88. The van der Waals surface area contributed by atoms with Gasteiger partial charge in [-0.25, -0.2) is 8.42 Å². The molecule has 2 atom stereocenters. The van der Waals surface area contributed by atoms with Gasteiger partial charge >= 0.3 is 5.97 Å². The van der Waals surface area contributed by atoms with Crippen LogP contribution in [-0.4, -0.2) is 54.4 Å². The third-order valence-corrected chi connectivity index (χ3v) is 5.21. The van der Waals surface area contributed by atoms with Crippen molar-refractivity contribution >= 4 is 21.7 Å². The molecule has 2 fully saturated rings. The second-order valence-corrected chi connectivity index (χ2v) is 8.26. The molecule has 0 spiro atoms. The SMILES string of the molecule is CS(=O)(=O)CCC(=O)N1C2CCC1CC(CC(=O)O)C2. The highest BCUT2D eigenvalue weighted by Gasteiger charge is 2.43. The average molecular weight is 303 g/mol. The second kappa shape index (κ2) is 5.71. The molecule has 1 N–H and O–H groups in total. The Kier molecular flexibility index (Phi) is 4.36. The molecule has 2 bridgehead atoms. The van der Waals surface area contributed by atoms with E-state index in [9.17, 15) is 18.0 Å². The Morgan fingerprint density at radius 1 is 1.20 bits per heavy atom. The molecule has 0 aromatic heterocycles. The number of hydrogen-bond acceptors (Lipinski definition) is 4. The van der Waals surface area contributed by atoms with E-state index in [1.807, 2.05) is 4.90 Å². The van der Waals surface area contributed by atoms with E-state index >= 15 is 0 Å². The molecule has 0 saturated carbocycles. The zero-order valence-corrected chi connectivity index (χ0v) is 12.4. The van der Waals surface area contributed by atoms with Crippen molar-refractivity contribution in [2.24, 2.45) is 5.92 Å². The predicted molar refractivity (Wildman–Crippen MR) is 73.0 cm³/mol. The third kappa shape index (κ3) is 3.71. The zero-order valence-electron chi connectivity index (χ0n) is 11.6. The van der Waals surface area contributed by atoms with Gasteiger partial charge < -0.3 is 10.0 Å². The Hall–Kier alpha value is -1.11. The van der Waals surface area contributed by atoms with Crippen LogP contribution in [0, 0.1) is 5.92 Å². The highest BCUT2D eigenvalue weighted by Crippen LogP contribution is 2.40. The van der Waals surface area contributed by atoms with Crippen LogP contribution in [0.2, 0.25) is 0 Å². The molecule has 2 aliphatic rings. The molecule has 0 aliphatic carbocycles. The molecule has 2 saturated heterocycles. The fraction of sp³-hybridized carbons (Fsp3) is 0.846. The van der Waals surface area contributed by atoms with Gasteiger partial charge in [0.1, 0.15) is 9.84 Å². The molecule has 1 amide bonds. The van der Waals surface area contributed by atoms with Crippen molar-refractivity contribution in [2.45, 2.75) is 50.6 Å². The number of sulfone groups is 1. The Morgan fingerprint density at radius 2 is 1.75 bits per heavy atom. The lowest BCUT2D eigenvalue weighted by Gasteiger charge is -2.38. The highest BCUT2D eigenvalue weighted by atomic mass is 32.2.